The van der Waals surface area contributed by atoms with Gasteiger partial charge in [-0.15, -0.1) is 0 Å². The SMILES string of the molecule is c1cnc(OCC2CCCN2)nc1. The molecule has 2 heterocycles. The Morgan fingerprint density at radius 3 is 3.00 bits per heavy atom. The van der Waals surface area contributed by atoms with E-state index in [1.165, 1.54) is 12.8 Å². The average Bonchev–Trinajstić information content (AvgIpc) is 2.69. The van der Waals surface area contributed by atoms with E-state index in [1.807, 2.05) is 0 Å². The summed E-state index contributed by atoms with van der Waals surface area (Å²) >= 11 is 0. The van der Waals surface area contributed by atoms with Crippen molar-refractivity contribution < 1.29 is 4.74 Å². The highest BCUT2D eigenvalue weighted by Gasteiger charge is 2.14. The lowest BCUT2D eigenvalue weighted by atomic mass is 10.2. The van der Waals surface area contributed by atoms with Crippen LogP contribution in [0.1, 0.15) is 12.8 Å². The molecule has 0 saturated carbocycles. The minimum absolute atomic E-state index is 0.469. The van der Waals surface area contributed by atoms with Crippen molar-refractivity contribution in [1.29, 1.82) is 0 Å². The van der Waals surface area contributed by atoms with Crippen molar-refractivity contribution in [2.45, 2.75) is 18.9 Å². The van der Waals surface area contributed by atoms with E-state index >= 15 is 0 Å². The second kappa shape index (κ2) is 4.18. The zero-order valence-corrected chi connectivity index (χ0v) is 7.44. The molecule has 1 aromatic heterocycles. The number of nitrogens with one attached hydrogen (secondary N) is 1. The second-order valence-electron chi connectivity index (χ2n) is 3.14. The Labute approximate surface area is 77.4 Å². The van der Waals surface area contributed by atoms with Gasteiger partial charge in [-0.3, -0.25) is 0 Å². The van der Waals surface area contributed by atoms with Crippen molar-refractivity contribution in [1.82, 2.24) is 15.3 Å². The highest BCUT2D eigenvalue weighted by molar-refractivity contribution is 4.93. The van der Waals surface area contributed by atoms with Crippen molar-refractivity contribution in [3.8, 4) is 6.01 Å². The molecule has 1 fully saturated rings. The monoisotopic (exact) mass is 179 g/mol. The summed E-state index contributed by atoms with van der Waals surface area (Å²) in [6.45, 7) is 1.77. The molecule has 70 valence electrons. The first-order valence-electron chi connectivity index (χ1n) is 4.58. The molecule has 13 heavy (non-hydrogen) atoms. The number of hydrogen-bond acceptors (Lipinski definition) is 4. The minimum Gasteiger partial charge on any atom is -0.462 e. The van der Waals surface area contributed by atoms with E-state index < -0.39 is 0 Å². The summed E-state index contributed by atoms with van der Waals surface area (Å²) in [6, 6.07) is 2.72. The molecule has 4 nitrogen and oxygen atoms in total. The van der Waals surface area contributed by atoms with Gasteiger partial charge in [-0.1, -0.05) is 0 Å². The molecule has 0 spiro atoms. The lowest BCUT2D eigenvalue weighted by molar-refractivity contribution is 0.257. The minimum atomic E-state index is 0.469. The summed E-state index contributed by atoms with van der Waals surface area (Å²) in [7, 11) is 0. The summed E-state index contributed by atoms with van der Waals surface area (Å²) in [6.07, 6.45) is 5.80. The van der Waals surface area contributed by atoms with Gasteiger partial charge < -0.3 is 10.1 Å². The smallest absolute Gasteiger partial charge is 0.316 e. The highest BCUT2D eigenvalue weighted by Crippen LogP contribution is 2.06. The first kappa shape index (κ1) is 8.44. The topological polar surface area (TPSA) is 47.0 Å². The number of aromatic nitrogens is 2. The Bertz CT molecular complexity index is 246. The summed E-state index contributed by atoms with van der Waals surface area (Å²) < 4.78 is 5.41. The predicted molar refractivity (Wildman–Crippen MR) is 48.6 cm³/mol. The summed E-state index contributed by atoms with van der Waals surface area (Å²) in [5, 5.41) is 3.35. The molecule has 0 amide bonds. The van der Waals surface area contributed by atoms with Crippen LogP contribution in [0.4, 0.5) is 0 Å². The average molecular weight is 179 g/mol. The third kappa shape index (κ3) is 2.39. The Morgan fingerprint density at radius 1 is 1.46 bits per heavy atom. The molecule has 0 aliphatic carbocycles. The highest BCUT2D eigenvalue weighted by atomic mass is 16.5. The van der Waals surface area contributed by atoms with E-state index in [2.05, 4.69) is 15.3 Å². The summed E-state index contributed by atoms with van der Waals surface area (Å²) in [4.78, 5) is 7.96. The number of nitrogens with zero attached hydrogens (tertiary/aromatic N) is 2. The lowest BCUT2D eigenvalue weighted by Crippen LogP contribution is -2.28. The van der Waals surface area contributed by atoms with Gasteiger partial charge in [0.2, 0.25) is 0 Å². The van der Waals surface area contributed by atoms with E-state index in [1.54, 1.807) is 18.5 Å². The fraction of sp³-hybridized carbons (Fsp3) is 0.556. The number of ether oxygens (including phenoxy) is 1. The van der Waals surface area contributed by atoms with Gasteiger partial charge in [0.25, 0.3) is 0 Å². The van der Waals surface area contributed by atoms with Gasteiger partial charge in [0.05, 0.1) is 0 Å². The maximum atomic E-state index is 5.41. The molecule has 4 heteroatoms. The Kier molecular flexibility index (Phi) is 2.72. The van der Waals surface area contributed by atoms with Crippen LogP contribution in [-0.2, 0) is 0 Å². The molecule has 1 saturated heterocycles. The molecule has 2 rings (SSSR count). The van der Waals surface area contributed by atoms with Crippen LogP contribution in [-0.4, -0.2) is 29.2 Å². The van der Waals surface area contributed by atoms with Crippen LogP contribution in [0.3, 0.4) is 0 Å². The molecule has 1 atom stereocenters. The maximum Gasteiger partial charge on any atom is 0.316 e. The maximum absolute atomic E-state index is 5.41. The van der Waals surface area contributed by atoms with Gasteiger partial charge in [0.15, 0.2) is 0 Å². The van der Waals surface area contributed by atoms with Crippen molar-refractivity contribution >= 4 is 0 Å². The quantitative estimate of drug-likeness (QED) is 0.738. The molecule has 1 aromatic rings. The van der Waals surface area contributed by atoms with E-state index in [0.717, 1.165) is 6.54 Å². The van der Waals surface area contributed by atoms with Crippen LogP contribution >= 0.6 is 0 Å². The van der Waals surface area contributed by atoms with E-state index in [-0.39, 0.29) is 0 Å². The fourth-order valence-corrected chi connectivity index (χ4v) is 1.43. The van der Waals surface area contributed by atoms with Gasteiger partial charge in [0.1, 0.15) is 6.61 Å². The Morgan fingerprint density at radius 2 is 2.31 bits per heavy atom. The number of hydrogen-bond donors (Lipinski definition) is 1. The van der Waals surface area contributed by atoms with E-state index in [4.69, 9.17) is 4.74 Å². The van der Waals surface area contributed by atoms with Gasteiger partial charge in [-0.25, -0.2) is 9.97 Å². The largest absolute Gasteiger partial charge is 0.462 e. The number of rotatable bonds is 3. The third-order valence-electron chi connectivity index (χ3n) is 2.12. The lowest BCUT2D eigenvalue weighted by Gasteiger charge is -2.09. The van der Waals surface area contributed by atoms with E-state index in [9.17, 15) is 0 Å². The predicted octanol–water partition coefficient (Wildman–Crippen LogP) is 0.607. The molecule has 1 aliphatic rings. The summed E-state index contributed by atoms with van der Waals surface area (Å²) in [5.41, 5.74) is 0. The van der Waals surface area contributed by atoms with Crippen LogP contribution < -0.4 is 10.1 Å². The fourth-order valence-electron chi connectivity index (χ4n) is 1.43. The van der Waals surface area contributed by atoms with Crippen LogP contribution in [0.15, 0.2) is 18.5 Å². The van der Waals surface area contributed by atoms with Crippen molar-refractivity contribution in [3.63, 3.8) is 0 Å². The molecule has 1 N–H and O–H groups in total. The van der Waals surface area contributed by atoms with Crippen LogP contribution in [0.25, 0.3) is 0 Å². The standard InChI is InChI=1S/C9H13N3O/c1-3-8(10-4-1)7-13-9-11-5-2-6-12-9/h2,5-6,8,10H,1,3-4,7H2. The van der Waals surface area contributed by atoms with Crippen molar-refractivity contribution in [2.75, 3.05) is 13.2 Å². The van der Waals surface area contributed by atoms with Crippen molar-refractivity contribution in [2.24, 2.45) is 0 Å². The third-order valence-corrected chi connectivity index (χ3v) is 2.12. The zero-order chi connectivity index (χ0) is 8.93. The van der Waals surface area contributed by atoms with E-state index in [0.29, 0.717) is 18.7 Å². The van der Waals surface area contributed by atoms with Gasteiger partial charge >= 0.3 is 6.01 Å². The van der Waals surface area contributed by atoms with Gasteiger partial charge in [0, 0.05) is 18.4 Å². The molecule has 0 bridgehead atoms. The second-order valence-corrected chi connectivity index (χ2v) is 3.14. The van der Waals surface area contributed by atoms with Crippen LogP contribution in [0, 0.1) is 0 Å². The van der Waals surface area contributed by atoms with Gasteiger partial charge in [-0.05, 0) is 25.5 Å². The van der Waals surface area contributed by atoms with Crippen LogP contribution in [0.5, 0.6) is 6.01 Å². The Hall–Kier alpha value is -1.16. The Balaban J connectivity index is 1.79. The first-order chi connectivity index (χ1) is 6.45. The van der Waals surface area contributed by atoms with Gasteiger partial charge in [-0.2, -0.15) is 0 Å². The molecular weight excluding hydrogens is 166 g/mol. The molecular formula is C9H13N3O. The van der Waals surface area contributed by atoms with Crippen LogP contribution in [0.2, 0.25) is 0 Å². The normalized spacial score (nSPS) is 21.7. The first-order valence-corrected chi connectivity index (χ1v) is 4.58. The molecule has 0 aromatic carbocycles. The molecule has 0 radical (unpaired) electrons. The zero-order valence-electron chi connectivity index (χ0n) is 7.44. The molecule has 1 aliphatic heterocycles. The summed E-state index contributed by atoms with van der Waals surface area (Å²) in [5.74, 6) is 0. The van der Waals surface area contributed by atoms with Crippen molar-refractivity contribution in [3.05, 3.63) is 18.5 Å². The molecule has 1 unspecified atom stereocenters.